The number of pyridine rings is 1. The fourth-order valence-electron chi connectivity index (χ4n) is 3.25. The molecule has 0 saturated carbocycles. The summed E-state index contributed by atoms with van der Waals surface area (Å²) >= 11 is 5.98. The van der Waals surface area contributed by atoms with Crippen molar-refractivity contribution in [3.63, 3.8) is 0 Å². The van der Waals surface area contributed by atoms with Crippen LogP contribution in [0.15, 0.2) is 48.7 Å². The first kappa shape index (κ1) is 18.9. The molecule has 0 spiro atoms. The highest BCUT2D eigenvalue weighted by molar-refractivity contribution is 7.91. The van der Waals surface area contributed by atoms with E-state index in [9.17, 15) is 13.2 Å². The topological polar surface area (TPSA) is 83.8 Å². The van der Waals surface area contributed by atoms with E-state index in [0.717, 1.165) is 11.2 Å². The van der Waals surface area contributed by atoms with Gasteiger partial charge in [-0.3, -0.25) is 14.1 Å². The maximum absolute atomic E-state index is 12.8. The van der Waals surface area contributed by atoms with Crippen molar-refractivity contribution in [2.24, 2.45) is 0 Å². The molecule has 0 bridgehead atoms. The molecule has 0 atom stereocenters. The third kappa shape index (κ3) is 4.04. The van der Waals surface area contributed by atoms with E-state index in [1.807, 2.05) is 18.2 Å². The zero-order valence-electron chi connectivity index (χ0n) is 15.0. The quantitative estimate of drug-likeness (QED) is 0.703. The van der Waals surface area contributed by atoms with E-state index in [-0.39, 0.29) is 23.2 Å². The molecule has 3 heterocycles. The van der Waals surface area contributed by atoms with Crippen LogP contribution in [0.4, 0.5) is 5.69 Å². The van der Waals surface area contributed by atoms with Crippen LogP contribution in [0.5, 0.6) is 0 Å². The molecular formula is C19H19ClN4O3S. The van der Waals surface area contributed by atoms with Crippen molar-refractivity contribution in [2.75, 3.05) is 29.9 Å². The minimum absolute atomic E-state index is 0.154. The highest BCUT2D eigenvalue weighted by Gasteiger charge is 2.24. The van der Waals surface area contributed by atoms with Crippen molar-refractivity contribution in [1.82, 2.24) is 14.3 Å². The molecule has 4 rings (SSSR count). The summed E-state index contributed by atoms with van der Waals surface area (Å²) in [5, 5.41) is 3.35. The zero-order chi connectivity index (χ0) is 19.7. The van der Waals surface area contributed by atoms with Gasteiger partial charge in [0.15, 0.2) is 9.84 Å². The molecule has 1 aliphatic rings. The molecule has 28 heavy (non-hydrogen) atoms. The lowest BCUT2D eigenvalue weighted by molar-refractivity contribution is 0.101. The fraction of sp³-hybridized carbons (Fsp3) is 0.263. The van der Waals surface area contributed by atoms with E-state index < -0.39 is 9.84 Å². The molecule has 9 heteroatoms. The molecule has 1 aliphatic heterocycles. The van der Waals surface area contributed by atoms with Crippen molar-refractivity contribution < 1.29 is 13.2 Å². The molecule has 1 N–H and O–H groups in total. The third-order valence-electron chi connectivity index (χ3n) is 4.72. The summed E-state index contributed by atoms with van der Waals surface area (Å²) in [6.07, 6.45) is 1.79. The summed E-state index contributed by atoms with van der Waals surface area (Å²) in [7, 11) is -2.94. The first-order valence-electron chi connectivity index (χ1n) is 8.87. The average molecular weight is 419 g/mol. The Kier molecular flexibility index (Phi) is 5.09. The Labute approximate surface area is 167 Å². The fourth-order valence-corrected chi connectivity index (χ4v) is 4.72. The van der Waals surface area contributed by atoms with E-state index in [1.165, 1.54) is 0 Å². The Hall–Kier alpha value is -2.42. The van der Waals surface area contributed by atoms with Gasteiger partial charge in [-0.1, -0.05) is 23.7 Å². The molecule has 0 unspecified atom stereocenters. The molecule has 1 amide bonds. The first-order valence-corrected chi connectivity index (χ1v) is 11.1. The number of fused-ring (bicyclic) bond motifs is 1. The number of rotatable bonds is 4. The number of nitrogens with one attached hydrogen (secondary N) is 1. The van der Waals surface area contributed by atoms with Crippen LogP contribution < -0.4 is 5.32 Å². The summed E-state index contributed by atoms with van der Waals surface area (Å²) in [5.41, 5.74) is 2.16. The molecule has 146 valence electrons. The van der Waals surface area contributed by atoms with Crippen molar-refractivity contribution in [2.45, 2.75) is 6.54 Å². The largest absolute Gasteiger partial charge is 0.319 e. The van der Waals surface area contributed by atoms with E-state index in [4.69, 9.17) is 11.6 Å². The van der Waals surface area contributed by atoms with Gasteiger partial charge in [0, 0.05) is 36.5 Å². The van der Waals surface area contributed by atoms with Crippen molar-refractivity contribution in [3.8, 4) is 0 Å². The third-order valence-corrected chi connectivity index (χ3v) is 6.56. The SMILES string of the molecule is O=C(Nc1cccc(Cl)c1)c1nc(CN2CCS(=O)(=O)CC2)c2ccccn12. The summed E-state index contributed by atoms with van der Waals surface area (Å²) in [5.74, 6) is 0.244. The van der Waals surface area contributed by atoms with Crippen LogP contribution in [0.2, 0.25) is 5.02 Å². The Morgan fingerprint density at radius 1 is 1.14 bits per heavy atom. The number of imidazole rings is 1. The van der Waals surface area contributed by atoms with Crippen LogP contribution in [0.3, 0.4) is 0 Å². The van der Waals surface area contributed by atoms with Crippen LogP contribution in [-0.2, 0) is 16.4 Å². The number of aromatic nitrogens is 2. The van der Waals surface area contributed by atoms with Gasteiger partial charge in [-0.15, -0.1) is 0 Å². The summed E-state index contributed by atoms with van der Waals surface area (Å²) in [6.45, 7) is 1.43. The van der Waals surface area contributed by atoms with E-state index in [2.05, 4.69) is 15.2 Å². The van der Waals surface area contributed by atoms with Crippen molar-refractivity contribution >= 4 is 38.5 Å². The highest BCUT2D eigenvalue weighted by atomic mass is 35.5. The molecule has 1 aromatic carbocycles. The standard InChI is InChI=1S/C19H19ClN4O3S/c20-14-4-3-5-15(12-14)21-19(25)18-22-16(17-6-1-2-7-24(17)18)13-23-8-10-28(26,27)11-9-23/h1-7,12H,8-11,13H2,(H,21,25). The second-order valence-electron chi connectivity index (χ2n) is 6.73. The molecule has 7 nitrogen and oxygen atoms in total. The maximum Gasteiger partial charge on any atom is 0.292 e. The lowest BCUT2D eigenvalue weighted by Gasteiger charge is -2.25. The molecule has 3 aromatic rings. The number of carbonyl (C=O) groups excluding carboxylic acids is 1. The van der Waals surface area contributed by atoms with Gasteiger partial charge in [0.05, 0.1) is 22.7 Å². The highest BCUT2D eigenvalue weighted by Crippen LogP contribution is 2.19. The van der Waals surface area contributed by atoms with Crippen LogP contribution in [0, 0.1) is 0 Å². The second kappa shape index (κ2) is 7.54. The zero-order valence-corrected chi connectivity index (χ0v) is 16.6. The van der Waals surface area contributed by atoms with Crippen molar-refractivity contribution in [1.29, 1.82) is 0 Å². The molecule has 0 radical (unpaired) electrons. The molecular weight excluding hydrogens is 400 g/mol. The molecule has 1 fully saturated rings. The number of hydrogen-bond donors (Lipinski definition) is 1. The number of hydrogen-bond acceptors (Lipinski definition) is 5. The van der Waals surface area contributed by atoms with Gasteiger partial charge in [-0.05, 0) is 30.3 Å². The van der Waals surface area contributed by atoms with Gasteiger partial charge in [-0.2, -0.15) is 0 Å². The van der Waals surface area contributed by atoms with Crippen molar-refractivity contribution in [3.05, 3.63) is 65.2 Å². The van der Waals surface area contributed by atoms with Gasteiger partial charge in [-0.25, -0.2) is 13.4 Å². The Morgan fingerprint density at radius 3 is 2.68 bits per heavy atom. The first-order chi connectivity index (χ1) is 13.4. The lowest BCUT2D eigenvalue weighted by atomic mass is 10.3. The predicted octanol–water partition coefficient (Wildman–Crippen LogP) is 2.47. The second-order valence-corrected chi connectivity index (χ2v) is 9.47. The summed E-state index contributed by atoms with van der Waals surface area (Å²) in [4.78, 5) is 19.4. The van der Waals surface area contributed by atoms with E-state index >= 15 is 0 Å². The molecule has 2 aromatic heterocycles. The number of halogens is 1. The van der Waals surface area contributed by atoms with Gasteiger partial charge in [0.1, 0.15) is 0 Å². The van der Waals surface area contributed by atoms with Gasteiger partial charge < -0.3 is 5.32 Å². The minimum atomic E-state index is -2.94. The monoisotopic (exact) mass is 418 g/mol. The predicted molar refractivity (Wildman–Crippen MR) is 109 cm³/mol. The van der Waals surface area contributed by atoms with Gasteiger partial charge >= 0.3 is 0 Å². The number of amides is 1. The van der Waals surface area contributed by atoms with Crippen LogP contribution in [-0.4, -0.2) is 53.2 Å². The average Bonchev–Trinajstić information content (AvgIpc) is 3.02. The molecule has 0 aliphatic carbocycles. The Morgan fingerprint density at radius 2 is 1.93 bits per heavy atom. The van der Waals surface area contributed by atoms with Crippen LogP contribution >= 0.6 is 11.6 Å². The Balaban J connectivity index is 1.60. The molecule has 1 saturated heterocycles. The lowest BCUT2D eigenvalue weighted by Crippen LogP contribution is -2.39. The number of nitrogens with zero attached hydrogens (tertiary/aromatic N) is 3. The maximum atomic E-state index is 12.8. The van der Waals surface area contributed by atoms with Crippen LogP contribution in [0.25, 0.3) is 5.52 Å². The smallest absolute Gasteiger partial charge is 0.292 e. The number of sulfone groups is 1. The Bertz CT molecular complexity index is 1130. The minimum Gasteiger partial charge on any atom is -0.319 e. The number of benzene rings is 1. The van der Waals surface area contributed by atoms with E-state index in [1.54, 1.807) is 34.9 Å². The van der Waals surface area contributed by atoms with E-state index in [0.29, 0.717) is 30.3 Å². The van der Waals surface area contributed by atoms with Crippen LogP contribution in [0.1, 0.15) is 16.3 Å². The number of carbonyl (C=O) groups is 1. The van der Waals surface area contributed by atoms with Gasteiger partial charge in [0.25, 0.3) is 5.91 Å². The number of anilines is 1. The normalized spacial score (nSPS) is 16.9. The van der Waals surface area contributed by atoms with Gasteiger partial charge in [0.2, 0.25) is 5.82 Å². The summed E-state index contributed by atoms with van der Waals surface area (Å²) in [6, 6.07) is 12.6. The summed E-state index contributed by atoms with van der Waals surface area (Å²) < 4.78 is 25.0.